The molecule has 0 N–H and O–H groups in total. The van der Waals surface area contributed by atoms with E-state index in [1.54, 1.807) is 25.1 Å². The van der Waals surface area contributed by atoms with Crippen molar-refractivity contribution in [2.45, 2.75) is 0 Å². The van der Waals surface area contributed by atoms with Gasteiger partial charge in [0.25, 0.3) is 0 Å². The molecule has 0 aromatic rings. The van der Waals surface area contributed by atoms with E-state index in [1.807, 2.05) is 6.20 Å². The number of nitrogens with zero attached hydrogens (tertiary/aromatic N) is 2. The summed E-state index contributed by atoms with van der Waals surface area (Å²) in [5.41, 5.74) is 0. The quantitative estimate of drug-likeness (QED) is 0.563. The molecule has 0 unspecified atom stereocenters. The van der Waals surface area contributed by atoms with Crippen molar-refractivity contribution in [2.75, 3.05) is 40.4 Å². The third-order valence-corrected chi connectivity index (χ3v) is 1.91. The minimum absolute atomic E-state index is 0.0199. The van der Waals surface area contributed by atoms with Crippen molar-refractivity contribution in [1.82, 2.24) is 9.80 Å². The van der Waals surface area contributed by atoms with Crippen molar-refractivity contribution in [2.24, 2.45) is 0 Å². The molecule has 13 heavy (non-hydrogen) atoms. The van der Waals surface area contributed by atoms with E-state index in [4.69, 9.17) is 4.74 Å². The average Bonchev–Trinajstić information content (AvgIpc) is 2.15. The zero-order chi connectivity index (χ0) is 9.68. The minimum atomic E-state index is 0.0199. The third-order valence-electron chi connectivity index (χ3n) is 1.91. The van der Waals surface area contributed by atoms with Crippen LogP contribution in [0.4, 0.5) is 0 Å². The van der Waals surface area contributed by atoms with E-state index in [0.717, 1.165) is 26.3 Å². The molecule has 0 saturated carbocycles. The van der Waals surface area contributed by atoms with Crippen LogP contribution < -0.4 is 0 Å². The van der Waals surface area contributed by atoms with Crippen LogP contribution in [0.15, 0.2) is 12.3 Å². The van der Waals surface area contributed by atoms with E-state index in [2.05, 4.69) is 4.90 Å². The van der Waals surface area contributed by atoms with Crippen LogP contribution in [0.5, 0.6) is 0 Å². The molecule has 1 aliphatic rings. The number of hydrogen-bond acceptors (Lipinski definition) is 3. The van der Waals surface area contributed by atoms with E-state index in [1.165, 1.54) is 0 Å². The van der Waals surface area contributed by atoms with Crippen molar-refractivity contribution in [3.05, 3.63) is 12.3 Å². The van der Waals surface area contributed by atoms with Crippen molar-refractivity contribution in [3.8, 4) is 0 Å². The van der Waals surface area contributed by atoms with Gasteiger partial charge in [-0.25, -0.2) is 0 Å². The second-order valence-corrected chi connectivity index (χ2v) is 3.20. The summed E-state index contributed by atoms with van der Waals surface area (Å²) in [7, 11) is 3.48. The number of morpholine rings is 1. The Morgan fingerprint density at radius 2 is 2.00 bits per heavy atom. The highest BCUT2D eigenvalue weighted by molar-refractivity contribution is 5.86. The van der Waals surface area contributed by atoms with Gasteiger partial charge in [0.1, 0.15) is 0 Å². The Labute approximate surface area is 78.8 Å². The molecule has 1 saturated heterocycles. The molecule has 0 radical (unpaired) electrons. The van der Waals surface area contributed by atoms with Crippen LogP contribution >= 0.6 is 0 Å². The lowest BCUT2D eigenvalue weighted by Gasteiger charge is -2.25. The summed E-state index contributed by atoms with van der Waals surface area (Å²) in [4.78, 5) is 14.8. The molecular weight excluding hydrogens is 168 g/mol. The van der Waals surface area contributed by atoms with Crippen molar-refractivity contribution < 1.29 is 9.53 Å². The van der Waals surface area contributed by atoms with E-state index >= 15 is 0 Å². The maximum atomic E-state index is 11.2. The number of rotatable bonds is 2. The lowest BCUT2D eigenvalue weighted by atomic mass is 10.4. The van der Waals surface area contributed by atoms with Crippen LogP contribution in [0.2, 0.25) is 0 Å². The van der Waals surface area contributed by atoms with Crippen LogP contribution in [-0.2, 0) is 9.53 Å². The second kappa shape index (κ2) is 4.87. The van der Waals surface area contributed by atoms with Crippen LogP contribution in [0.3, 0.4) is 0 Å². The minimum Gasteiger partial charge on any atom is -0.378 e. The summed E-state index contributed by atoms with van der Waals surface area (Å²) in [6, 6.07) is 0. The molecule has 1 fully saturated rings. The molecule has 0 aliphatic carbocycles. The first-order valence-corrected chi connectivity index (χ1v) is 4.41. The molecule has 4 heteroatoms. The van der Waals surface area contributed by atoms with Gasteiger partial charge in [-0.15, -0.1) is 0 Å². The fourth-order valence-electron chi connectivity index (χ4n) is 1.04. The first-order valence-electron chi connectivity index (χ1n) is 4.41. The Morgan fingerprint density at radius 3 is 2.54 bits per heavy atom. The van der Waals surface area contributed by atoms with Gasteiger partial charge in [-0.1, -0.05) is 0 Å². The van der Waals surface area contributed by atoms with Crippen LogP contribution in [-0.4, -0.2) is 56.1 Å². The van der Waals surface area contributed by atoms with E-state index in [9.17, 15) is 4.79 Å². The number of ether oxygens (including phenoxy) is 1. The van der Waals surface area contributed by atoms with Gasteiger partial charge in [-0.2, -0.15) is 0 Å². The molecule has 0 aromatic heterocycles. The predicted molar refractivity (Wildman–Crippen MR) is 50.2 cm³/mol. The monoisotopic (exact) mass is 184 g/mol. The van der Waals surface area contributed by atoms with Crippen molar-refractivity contribution in [1.29, 1.82) is 0 Å². The number of carbonyl (C=O) groups is 1. The van der Waals surface area contributed by atoms with Crippen molar-refractivity contribution >= 4 is 5.91 Å². The van der Waals surface area contributed by atoms with Gasteiger partial charge < -0.3 is 14.5 Å². The first kappa shape index (κ1) is 10.1. The van der Waals surface area contributed by atoms with Gasteiger partial charge >= 0.3 is 0 Å². The first-order chi connectivity index (χ1) is 6.20. The summed E-state index contributed by atoms with van der Waals surface area (Å²) in [6.45, 7) is 3.25. The van der Waals surface area contributed by atoms with Crippen molar-refractivity contribution in [3.63, 3.8) is 0 Å². The Hall–Kier alpha value is -1.03. The van der Waals surface area contributed by atoms with E-state index in [-0.39, 0.29) is 5.91 Å². The van der Waals surface area contributed by atoms with Gasteiger partial charge in [0.05, 0.1) is 13.2 Å². The second-order valence-electron chi connectivity index (χ2n) is 3.20. The Kier molecular flexibility index (Phi) is 3.76. The molecule has 0 aromatic carbocycles. The molecular formula is C9H16N2O2. The highest BCUT2D eigenvalue weighted by Gasteiger charge is 2.06. The molecule has 0 bridgehead atoms. The highest BCUT2D eigenvalue weighted by Crippen LogP contribution is 1.97. The fraction of sp³-hybridized carbons (Fsp3) is 0.667. The standard InChI is InChI=1S/C9H16N2O2/c1-10(2)9(12)3-4-11-5-7-13-8-6-11/h3-4H,5-8H2,1-2H3/b4-3+. The third kappa shape index (κ3) is 3.46. The lowest BCUT2D eigenvalue weighted by molar-refractivity contribution is -0.123. The summed E-state index contributed by atoms with van der Waals surface area (Å²) in [5.74, 6) is 0.0199. The Balaban J connectivity index is 2.33. The zero-order valence-electron chi connectivity index (χ0n) is 8.19. The van der Waals surface area contributed by atoms with Crippen LogP contribution in [0.25, 0.3) is 0 Å². The largest absolute Gasteiger partial charge is 0.378 e. The maximum absolute atomic E-state index is 11.2. The topological polar surface area (TPSA) is 32.8 Å². The molecule has 1 heterocycles. The highest BCUT2D eigenvalue weighted by atomic mass is 16.5. The van der Waals surface area contributed by atoms with Crippen LogP contribution in [0, 0.1) is 0 Å². The number of carbonyl (C=O) groups excluding carboxylic acids is 1. The van der Waals surface area contributed by atoms with Gasteiger partial charge in [0.15, 0.2) is 0 Å². The maximum Gasteiger partial charge on any atom is 0.247 e. The lowest BCUT2D eigenvalue weighted by Crippen LogP contribution is -2.32. The summed E-state index contributed by atoms with van der Waals surface area (Å²) >= 11 is 0. The normalized spacial score (nSPS) is 17.8. The Morgan fingerprint density at radius 1 is 1.38 bits per heavy atom. The van der Waals surface area contributed by atoms with E-state index in [0.29, 0.717) is 0 Å². The van der Waals surface area contributed by atoms with E-state index < -0.39 is 0 Å². The predicted octanol–water partition coefficient (Wildman–Crippen LogP) is -0.0795. The van der Waals surface area contributed by atoms with Gasteiger partial charge in [-0.05, 0) is 0 Å². The van der Waals surface area contributed by atoms with Gasteiger partial charge in [0.2, 0.25) is 5.91 Å². The van der Waals surface area contributed by atoms with Gasteiger partial charge in [-0.3, -0.25) is 4.79 Å². The number of likely N-dealkylation sites (N-methyl/N-ethyl adjacent to an activating group) is 1. The molecule has 1 amide bonds. The van der Waals surface area contributed by atoms with Crippen LogP contribution in [0.1, 0.15) is 0 Å². The molecule has 4 nitrogen and oxygen atoms in total. The molecule has 1 rings (SSSR count). The summed E-state index contributed by atoms with van der Waals surface area (Å²) < 4.78 is 5.18. The molecule has 0 spiro atoms. The van der Waals surface area contributed by atoms with Gasteiger partial charge in [0, 0.05) is 39.5 Å². The Bertz CT molecular complexity index is 196. The zero-order valence-corrected chi connectivity index (χ0v) is 8.19. The molecule has 0 atom stereocenters. The number of amides is 1. The smallest absolute Gasteiger partial charge is 0.247 e. The number of hydrogen-bond donors (Lipinski definition) is 0. The molecule has 74 valence electrons. The summed E-state index contributed by atoms with van der Waals surface area (Å²) in [6.07, 6.45) is 3.43. The average molecular weight is 184 g/mol. The fourth-order valence-corrected chi connectivity index (χ4v) is 1.04. The summed E-state index contributed by atoms with van der Waals surface area (Å²) in [5, 5.41) is 0. The SMILES string of the molecule is CN(C)C(=O)/C=C/N1CCOCC1. The molecule has 1 aliphatic heterocycles.